The van der Waals surface area contributed by atoms with Crippen molar-refractivity contribution in [3.05, 3.63) is 47.5 Å². The molecule has 3 rings (SSSR count). The van der Waals surface area contributed by atoms with Crippen LogP contribution in [0, 0.1) is 5.92 Å². The minimum atomic E-state index is -4.59. The van der Waals surface area contributed by atoms with Gasteiger partial charge in [-0.15, -0.1) is 0 Å². The smallest absolute Gasteiger partial charge is 0.406 e. The number of aliphatic carboxylic acids is 1. The number of amides is 1. The number of aromatic nitrogens is 1. The van der Waals surface area contributed by atoms with Crippen molar-refractivity contribution in [3.63, 3.8) is 0 Å². The fourth-order valence-electron chi connectivity index (χ4n) is 3.67. The standard InChI is InChI=1S/C22H25F3N4O4/c1-26-18-3-2-4-19(28-18)27-7-8-33-17-6-5-14-9-15(11-20(30)31)21(32)29(12-16(14)10-17)13-22(23,24)25/h2-6,10,15H,7-9,11-13H2,1H3,(H,30,31)(H2,26,27,28)/t15-/m0/s1. The highest BCUT2D eigenvalue weighted by Gasteiger charge is 2.38. The maximum absolute atomic E-state index is 13.0. The van der Waals surface area contributed by atoms with Crippen LogP contribution in [0.2, 0.25) is 0 Å². The summed E-state index contributed by atoms with van der Waals surface area (Å²) in [5.74, 6) is -1.27. The van der Waals surface area contributed by atoms with E-state index in [0.717, 1.165) is 0 Å². The van der Waals surface area contributed by atoms with Crippen LogP contribution in [0.25, 0.3) is 0 Å². The third kappa shape index (κ3) is 6.99. The summed E-state index contributed by atoms with van der Waals surface area (Å²) in [7, 11) is 1.76. The number of hydrogen-bond donors (Lipinski definition) is 3. The molecule has 0 bridgehead atoms. The van der Waals surface area contributed by atoms with Crippen LogP contribution in [0.5, 0.6) is 5.75 Å². The van der Waals surface area contributed by atoms with Gasteiger partial charge in [-0.05, 0) is 41.8 Å². The maximum atomic E-state index is 13.0. The predicted molar refractivity (Wildman–Crippen MR) is 115 cm³/mol. The number of ether oxygens (including phenoxy) is 1. The van der Waals surface area contributed by atoms with Gasteiger partial charge in [-0.1, -0.05) is 12.1 Å². The monoisotopic (exact) mass is 466 g/mol. The first-order valence-electron chi connectivity index (χ1n) is 10.3. The number of pyridine rings is 1. The van der Waals surface area contributed by atoms with Crippen LogP contribution < -0.4 is 15.4 Å². The molecule has 0 radical (unpaired) electrons. The first-order chi connectivity index (χ1) is 15.6. The van der Waals surface area contributed by atoms with Gasteiger partial charge in [0.25, 0.3) is 0 Å². The number of benzene rings is 1. The minimum Gasteiger partial charge on any atom is -0.492 e. The Morgan fingerprint density at radius 3 is 2.70 bits per heavy atom. The minimum absolute atomic E-state index is 0.0597. The number of carboxylic acids is 1. The molecule has 2 aromatic rings. The molecule has 0 spiro atoms. The Hall–Kier alpha value is -3.50. The number of rotatable bonds is 9. The van der Waals surface area contributed by atoms with Crippen LogP contribution in [-0.4, -0.2) is 59.8 Å². The highest BCUT2D eigenvalue weighted by Crippen LogP contribution is 2.30. The molecule has 178 valence electrons. The zero-order valence-electron chi connectivity index (χ0n) is 18.0. The molecule has 3 N–H and O–H groups in total. The maximum Gasteiger partial charge on any atom is 0.406 e. The van der Waals surface area contributed by atoms with Gasteiger partial charge in [-0.2, -0.15) is 13.2 Å². The van der Waals surface area contributed by atoms with E-state index in [1.54, 1.807) is 25.2 Å². The Labute approximate surface area is 188 Å². The number of alkyl halides is 3. The van der Waals surface area contributed by atoms with Gasteiger partial charge in [0, 0.05) is 13.6 Å². The lowest BCUT2D eigenvalue weighted by atomic mass is 9.94. The Kier molecular flexibility index (Phi) is 7.62. The van der Waals surface area contributed by atoms with Crippen LogP contribution in [0.4, 0.5) is 24.8 Å². The fourth-order valence-corrected chi connectivity index (χ4v) is 3.67. The third-order valence-electron chi connectivity index (χ3n) is 5.14. The van der Waals surface area contributed by atoms with Crippen LogP contribution in [0.1, 0.15) is 17.5 Å². The van der Waals surface area contributed by atoms with E-state index in [-0.39, 0.29) is 19.6 Å². The van der Waals surface area contributed by atoms with E-state index in [9.17, 15) is 22.8 Å². The number of fused-ring (bicyclic) bond motifs is 1. The summed E-state index contributed by atoms with van der Waals surface area (Å²) in [6, 6.07) is 10.4. The molecular formula is C22H25F3N4O4. The van der Waals surface area contributed by atoms with Gasteiger partial charge in [-0.3, -0.25) is 9.59 Å². The molecule has 0 saturated carbocycles. The lowest BCUT2D eigenvalue weighted by Crippen LogP contribution is -2.41. The largest absolute Gasteiger partial charge is 0.492 e. The molecule has 0 aliphatic carbocycles. The number of carbonyl (C=O) groups is 2. The van der Waals surface area contributed by atoms with Gasteiger partial charge < -0.3 is 25.4 Å². The van der Waals surface area contributed by atoms with E-state index in [4.69, 9.17) is 9.84 Å². The zero-order valence-corrected chi connectivity index (χ0v) is 18.0. The molecule has 11 heteroatoms. The molecule has 33 heavy (non-hydrogen) atoms. The van der Waals surface area contributed by atoms with E-state index in [2.05, 4.69) is 15.6 Å². The highest BCUT2D eigenvalue weighted by atomic mass is 19.4. The second-order valence-corrected chi connectivity index (χ2v) is 7.67. The van der Waals surface area contributed by atoms with Crippen LogP contribution in [-0.2, 0) is 22.6 Å². The van der Waals surface area contributed by atoms with Gasteiger partial charge >= 0.3 is 12.1 Å². The van der Waals surface area contributed by atoms with Crippen LogP contribution >= 0.6 is 0 Å². The fraction of sp³-hybridized carbons (Fsp3) is 0.409. The first kappa shape index (κ1) is 24.1. The summed E-state index contributed by atoms with van der Waals surface area (Å²) in [6.45, 7) is -0.983. The van der Waals surface area contributed by atoms with Gasteiger partial charge in [0.15, 0.2) is 0 Å². The number of nitrogens with one attached hydrogen (secondary N) is 2. The van der Waals surface area contributed by atoms with Crippen molar-refractivity contribution >= 4 is 23.5 Å². The van der Waals surface area contributed by atoms with Crippen molar-refractivity contribution in [1.82, 2.24) is 9.88 Å². The van der Waals surface area contributed by atoms with Gasteiger partial charge in [0.2, 0.25) is 5.91 Å². The third-order valence-corrected chi connectivity index (χ3v) is 5.14. The van der Waals surface area contributed by atoms with Gasteiger partial charge in [-0.25, -0.2) is 4.98 Å². The lowest BCUT2D eigenvalue weighted by molar-refractivity contribution is -0.165. The molecule has 0 unspecified atom stereocenters. The molecule has 2 heterocycles. The SMILES string of the molecule is CNc1cccc(NCCOc2ccc3c(c2)CN(CC(F)(F)F)C(=O)[C@H](CC(=O)O)C3)n1. The molecule has 1 amide bonds. The number of anilines is 2. The summed E-state index contributed by atoms with van der Waals surface area (Å²) < 4.78 is 44.8. The van der Waals surface area contributed by atoms with Crippen LogP contribution in [0.3, 0.4) is 0 Å². The number of hydrogen-bond acceptors (Lipinski definition) is 6. The van der Waals surface area contributed by atoms with Crippen molar-refractivity contribution in [1.29, 1.82) is 0 Å². The Morgan fingerprint density at radius 1 is 1.24 bits per heavy atom. The molecule has 1 atom stereocenters. The van der Waals surface area contributed by atoms with E-state index in [1.807, 2.05) is 18.2 Å². The van der Waals surface area contributed by atoms with Crippen molar-refractivity contribution < 1.29 is 32.6 Å². The Bertz CT molecular complexity index is 1000. The average molecular weight is 466 g/mol. The number of carboxylic acid groups (broad SMARTS) is 1. The summed E-state index contributed by atoms with van der Waals surface area (Å²) in [6.07, 6.45) is -5.06. The molecule has 1 aliphatic rings. The van der Waals surface area contributed by atoms with Crippen molar-refractivity contribution in [2.45, 2.75) is 25.6 Å². The quantitative estimate of drug-likeness (QED) is 0.488. The summed E-state index contributed by atoms with van der Waals surface area (Å²) >= 11 is 0. The average Bonchev–Trinajstić information content (AvgIpc) is 2.86. The molecule has 1 aromatic carbocycles. The molecular weight excluding hydrogens is 441 g/mol. The molecule has 1 aromatic heterocycles. The number of carbonyl (C=O) groups excluding carboxylic acids is 1. The van der Waals surface area contributed by atoms with Gasteiger partial charge in [0.1, 0.15) is 30.5 Å². The topological polar surface area (TPSA) is 104 Å². The molecule has 8 nitrogen and oxygen atoms in total. The Morgan fingerprint density at radius 2 is 2.00 bits per heavy atom. The lowest BCUT2D eigenvalue weighted by Gasteiger charge is -2.25. The number of nitrogens with zero attached hydrogens (tertiary/aromatic N) is 2. The highest BCUT2D eigenvalue weighted by molar-refractivity contribution is 5.84. The molecule has 0 fully saturated rings. The summed E-state index contributed by atoms with van der Waals surface area (Å²) in [4.78, 5) is 28.8. The van der Waals surface area contributed by atoms with Crippen molar-refractivity contribution in [2.75, 3.05) is 37.4 Å². The predicted octanol–water partition coefficient (Wildman–Crippen LogP) is 3.15. The van der Waals surface area contributed by atoms with E-state index >= 15 is 0 Å². The zero-order chi connectivity index (χ0) is 24.0. The molecule has 0 saturated heterocycles. The second-order valence-electron chi connectivity index (χ2n) is 7.67. The van der Waals surface area contributed by atoms with E-state index in [1.165, 1.54) is 0 Å². The molecule has 1 aliphatic heterocycles. The van der Waals surface area contributed by atoms with Gasteiger partial charge in [0.05, 0.1) is 18.9 Å². The normalized spacial score (nSPS) is 16.1. The van der Waals surface area contributed by atoms with E-state index in [0.29, 0.717) is 40.0 Å². The van der Waals surface area contributed by atoms with Crippen molar-refractivity contribution in [3.8, 4) is 5.75 Å². The van der Waals surface area contributed by atoms with Crippen molar-refractivity contribution in [2.24, 2.45) is 5.92 Å². The second kappa shape index (κ2) is 10.4. The number of halogens is 3. The Balaban J connectivity index is 1.68. The van der Waals surface area contributed by atoms with E-state index < -0.39 is 36.9 Å². The first-order valence-corrected chi connectivity index (χ1v) is 10.3. The summed E-state index contributed by atoms with van der Waals surface area (Å²) in [5.41, 5.74) is 1.15. The summed E-state index contributed by atoms with van der Waals surface area (Å²) in [5, 5.41) is 15.1. The van der Waals surface area contributed by atoms with Crippen LogP contribution in [0.15, 0.2) is 36.4 Å².